The fraction of sp³-hybridized carbons (Fsp3) is 0.438. The van der Waals surface area contributed by atoms with Gasteiger partial charge in [0.25, 0.3) is 5.91 Å². The van der Waals surface area contributed by atoms with Gasteiger partial charge in [0.15, 0.2) is 6.61 Å². The molecule has 22 heavy (non-hydrogen) atoms. The molecular formula is C16H22N2O4. The first kappa shape index (κ1) is 17.7. The van der Waals surface area contributed by atoms with Gasteiger partial charge in [0.1, 0.15) is 0 Å². The summed E-state index contributed by atoms with van der Waals surface area (Å²) in [4.78, 5) is 34.3. The van der Waals surface area contributed by atoms with Crippen molar-refractivity contribution in [3.05, 3.63) is 24.3 Å². The van der Waals surface area contributed by atoms with Crippen LogP contribution in [0.15, 0.2) is 24.3 Å². The van der Waals surface area contributed by atoms with Gasteiger partial charge < -0.3 is 15.4 Å². The molecule has 2 N–H and O–H groups in total. The summed E-state index contributed by atoms with van der Waals surface area (Å²) in [6, 6.07) is 6.71. The molecule has 0 aliphatic heterocycles. The number of amides is 2. The van der Waals surface area contributed by atoms with Gasteiger partial charge in [0, 0.05) is 18.3 Å². The second kappa shape index (κ2) is 7.59. The van der Waals surface area contributed by atoms with E-state index in [1.807, 2.05) is 20.8 Å². The van der Waals surface area contributed by atoms with Gasteiger partial charge in [-0.15, -0.1) is 0 Å². The zero-order valence-electron chi connectivity index (χ0n) is 13.4. The molecule has 0 saturated carbocycles. The molecule has 0 radical (unpaired) electrons. The van der Waals surface area contributed by atoms with Crippen LogP contribution in [0.2, 0.25) is 0 Å². The monoisotopic (exact) mass is 306 g/mol. The summed E-state index contributed by atoms with van der Waals surface area (Å²) in [5.74, 6) is -1.03. The van der Waals surface area contributed by atoms with Crippen molar-refractivity contribution in [2.45, 2.75) is 34.1 Å². The number of anilines is 2. The van der Waals surface area contributed by atoms with E-state index in [9.17, 15) is 14.4 Å². The highest BCUT2D eigenvalue weighted by molar-refractivity contribution is 5.94. The number of carbonyl (C=O) groups is 3. The maximum Gasteiger partial charge on any atom is 0.306 e. The third-order valence-electron chi connectivity index (χ3n) is 2.51. The normalized spacial score (nSPS) is 10.7. The van der Waals surface area contributed by atoms with Crippen molar-refractivity contribution in [1.29, 1.82) is 0 Å². The summed E-state index contributed by atoms with van der Waals surface area (Å²) in [5, 5.41) is 5.23. The van der Waals surface area contributed by atoms with Crippen molar-refractivity contribution in [1.82, 2.24) is 0 Å². The van der Waals surface area contributed by atoms with Crippen LogP contribution in [0.1, 0.15) is 34.1 Å². The largest absolute Gasteiger partial charge is 0.456 e. The smallest absolute Gasteiger partial charge is 0.306 e. The predicted molar refractivity (Wildman–Crippen MR) is 84.4 cm³/mol. The standard InChI is InChI=1S/C16H22N2O4/c1-11(19)17-12-6-5-7-13(8-12)18-14(20)10-22-15(21)9-16(2,3)4/h5-8H,9-10H2,1-4H3,(H,17,19)(H,18,20). The Kier molecular flexibility index (Phi) is 6.10. The first-order valence-corrected chi connectivity index (χ1v) is 6.99. The lowest BCUT2D eigenvalue weighted by atomic mass is 9.92. The highest BCUT2D eigenvalue weighted by Crippen LogP contribution is 2.19. The Labute approximate surface area is 130 Å². The van der Waals surface area contributed by atoms with Crippen LogP contribution in [-0.4, -0.2) is 24.4 Å². The molecule has 0 aliphatic carbocycles. The average Bonchev–Trinajstić information content (AvgIpc) is 2.34. The molecular weight excluding hydrogens is 284 g/mol. The number of esters is 1. The zero-order valence-corrected chi connectivity index (χ0v) is 13.4. The van der Waals surface area contributed by atoms with Gasteiger partial charge in [0.2, 0.25) is 5.91 Å². The van der Waals surface area contributed by atoms with Gasteiger partial charge >= 0.3 is 5.97 Å². The lowest BCUT2D eigenvalue weighted by Crippen LogP contribution is -2.23. The fourth-order valence-electron chi connectivity index (χ4n) is 1.71. The summed E-state index contributed by atoms with van der Waals surface area (Å²) in [7, 11) is 0. The van der Waals surface area contributed by atoms with E-state index in [-0.39, 0.29) is 24.3 Å². The maximum atomic E-state index is 11.7. The van der Waals surface area contributed by atoms with Crippen LogP contribution < -0.4 is 10.6 Å². The lowest BCUT2D eigenvalue weighted by molar-refractivity contribution is -0.149. The minimum atomic E-state index is -0.428. The summed E-state index contributed by atoms with van der Waals surface area (Å²) in [5.41, 5.74) is 0.915. The number of hydrogen-bond donors (Lipinski definition) is 2. The summed E-state index contributed by atoms with van der Waals surface area (Å²) in [6.07, 6.45) is 0.248. The van der Waals surface area contributed by atoms with E-state index in [0.29, 0.717) is 11.4 Å². The highest BCUT2D eigenvalue weighted by Gasteiger charge is 2.17. The number of ether oxygens (including phenoxy) is 1. The molecule has 1 aromatic carbocycles. The van der Waals surface area contributed by atoms with E-state index in [0.717, 1.165) is 0 Å². The van der Waals surface area contributed by atoms with E-state index in [1.54, 1.807) is 24.3 Å². The minimum Gasteiger partial charge on any atom is -0.456 e. The van der Waals surface area contributed by atoms with Gasteiger partial charge in [-0.3, -0.25) is 14.4 Å². The summed E-state index contributed by atoms with van der Waals surface area (Å²) < 4.78 is 4.93. The van der Waals surface area contributed by atoms with Crippen LogP contribution in [0.25, 0.3) is 0 Å². The Morgan fingerprint density at radius 2 is 1.68 bits per heavy atom. The zero-order chi connectivity index (χ0) is 16.8. The van der Waals surface area contributed by atoms with Gasteiger partial charge in [-0.25, -0.2) is 0 Å². The second-order valence-corrected chi connectivity index (χ2v) is 6.21. The molecule has 2 amide bonds. The first-order valence-electron chi connectivity index (χ1n) is 6.99. The van der Waals surface area contributed by atoms with Crippen LogP contribution in [-0.2, 0) is 19.1 Å². The molecule has 0 spiro atoms. The van der Waals surface area contributed by atoms with E-state index in [1.165, 1.54) is 6.92 Å². The molecule has 0 aliphatic rings. The molecule has 0 bridgehead atoms. The van der Waals surface area contributed by atoms with E-state index < -0.39 is 11.9 Å². The van der Waals surface area contributed by atoms with Gasteiger partial charge in [-0.05, 0) is 23.6 Å². The van der Waals surface area contributed by atoms with Crippen LogP contribution in [0, 0.1) is 5.41 Å². The molecule has 6 nitrogen and oxygen atoms in total. The molecule has 120 valence electrons. The van der Waals surface area contributed by atoms with Crippen molar-refractivity contribution in [3.63, 3.8) is 0 Å². The van der Waals surface area contributed by atoms with Crippen molar-refractivity contribution < 1.29 is 19.1 Å². The Balaban J connectivity index is 2.48. The molecule has 0 fully saturated rings. The van der Waals surface area contributed by atoms with Gasteiger partial charge in [0.05, 0.1) is 6.42 Å². The SMILES string of the molecule is CC(=O)Nc1cccc(NC(=O)COC(=O)CC(C)(C)C)c1. The topological polar surface area (TPSA) is 84.5 Å². The minimum absolute atomic E-state index is 0.180. The Bertz CT molecular complexity index is 562. The fourth-order valence-corrected chi connectivity index (χ4v) is 1.71. The van der Waals surface area contributed by atoms with Crippen molar-refractivity contribution in [3.8, 4) is 0 Å². The maximum absolute atomic E-state index is 11.7. The third-order valence-corrected chi connectivity index (χ3v) is 2.51. The highest BCUT2D eigenvalue weighted by atomic mass is 16.5. The lowest BCUT2D eigenvalue weighted by Gasteiger charge is -2.16. The number of rotatable bonds is 5. The van der Waals surface area contributed by atoms with E-state index in [4.69, 9.17) is 4.74 Å². The Morgan fingerprint density at radius 3 is 2.23 bits per heavy atom. The van der Waals surface area contributed by atoms with Crippen LogP contribution in [0.5, 0.6) is 0 Å². The molecule has 0 heterocycles. The summed E-state index contributed by atoms with van der Waals surface area (Å²) in [6.45, 7) is 6.82. The van der Waals surface area contributed by atoms with Gasteiger partial charge in [-0.1, -0.05) is 26.8 Å². The molecule has 0 aromatic heterocycles. The molecule has 1 aromatic rings. The van der Waals surface area contributed by atoms with Crippen molar-refractivity contribution in [2.75, 3.05) is 17.2 Å². The molecule has 1 rings (SSSR count). The quantitative estimate of drug-likeness (QED) is 0.819. The van der Waals surface area contributed by atoms with Crippen LogP contribution in [0.3, 0.4) is 0 Å². The summed E-state index contributed by atoms with van der Waals surface area (Å²) >= 11 is 0. The van der Waals surface area contributed by atoms with Crippen molar-refractivity contribution >= 4 is 29.2 Å². The Morgan fingerprint density at radius 1 is 1.09 bits per heavy atom. The number of carbonyl (C=O) groups excluding carboxylic acids is 3. The van der Waals surface area contributed by atoms with E-state index >= 15 is 0 Å². The first-order chi connectivity index (χ1) is 10.2. The van der Waals surface area contributed by atoms with Crippen molar-refractivity contribution in [2.24, 2.45) is 5.41 Å². The van der Waals surface area contributed by atoms with Crippen LogP contribution >= 0.6 is 0 Å². The number of hydrogen-bond acceptors (Lipinski definition) is 4. The van der Waals surface area contributed by atoms with Crippen LogP contribution in [0.4, 0.5) is 11.4 Å². The second-order valence-electron chi connectivity index (χ2n) is 6.21. The number of benzene rings is 1. The average molecular weight is 306 g/mol. The number of nitrogens with one attached hydrogen (secondary N) is 2. The third kappa shape index (κ3) is 7.42. The van der Waals surface area contributed by atoms with Gasteiger partial charge in [-0.2, -0.15) is 0 Å². The molecule has 0 saturated heterocycles. The molecule has 0 unspecified atom stereocenters. The Hall–Kier alpha value is -2.37. The predicted octanol–water partition coefficient (Wildman–Crippen LogP) is 2.56. The molecule has 0 atom stereocenters. The van der Waals surface area contributed by atoms with E-state index in [2.05, 4.69) is 10.6 Å². The molecule has 6 heteroatoms.